The number of hydrogen-bond acceptors (Lipinski definition) is 8. The van der Waals surface area contributed by atoms with Crippen LogP contribution in [0, 0.1) is 39.5 Å². The van der Waals surface area contributed by atoms with Crippen molar-refractivity contribution in [3.05, 3.63) is 114 Å². The maximum atomic E-state index is 12.5. The van der Waals surface area contributed by atoms with E-state index in [1.54, 1.807) is 14.2 Å². The number of aromatic nitrogens is 2. The third kappa shape index (κ3) is 7.13. The van der Waals surface area contributed by atoms with Crippen LogP contribution in [0.3, 0.4) is 0 Å². The Bertz CT molecular complexity index is 1960. The van der Waals surface area contributed by atoms with Gasteiger partial charge >= 0.3 is 0 Å². The Labute approximate surface area is 343 Å². The van der Waals surface area contributed by atoms with Gasteiger partial charge in [-0.05, 0) is 176 Å². The molecule has 300 valence electrons. The number of likely N-dealkylation sites (tertiary alicyclic amines) is 2. The van der Waals surface area contributed by atoms with Crippen LogP contribution in [0.1, 0.15) is 92.7 Å². The highest BCUT2D eigenvalue weighted by atomic mass is 35.5. The number of halogens is 2. The number of rotatable bonds is 4. The summed E-state index contributed by atoms with van der Waals surface area (Å²) in [6.07, 6.45) is 10.6. The average Bonchev–Trinajstić information content (AvgIpc) is 3.40. The van der Waals surface area contributed by atoms with Crippen LogP contribution in [0.15, 0.2) is 36.7 Å². The van der Waals surface area contributed by atoms with Gasteiger partial charge in [0.1, 0.15) is 22.7 Å². The quantitative estimate of drug-likeness (QED) is 0.214. The molecule has 8 nitrogen and oxygen atoms in total. The van der Waals surface area contributed by atoms with Crippen molar-refractivity contribution in [2.75, 3.05) is 54.5 Å². The van der Waals surface area contributed by atoms with Gasteiger partial charge in [0.25, 0.3) is 0 Å². The summed E-state index contributed by atoms with van der Waals surface area (Å²) in [4.78, 5) is 14.2. The zero-order valence-corrected chi connectivity index (χ0v) is 35.9. The first-order chi connectivity index (χ1) is 26.7. The van der Waals surface area contributed by atoms with E-state index in [2.05, 4.69) is 49.9 Å². The zero-order valence-electron chi connectivity index (χ0n) is 34.4. The van der Waals surface area contributed by atoms with E-state index in [1.165, 1.54) is 0 Å². The molecule has 0 amide bonds. The Balaban J connectivity index is 0.000000172. The number of nitrogens with zero attached hydrogens (tertiary/aromatic N) is 4. The molecule has 2 aliphatic heterocycles. The molecule has 2 aromatic heterocycles. The predicted octanol–water partition coefficient (Wildman–Crippen LogP) is 8.07. The maximum absolute atomic E-state index is 12.5. The van der Waals surface area contributed by atoms with Gasteiger partial charge in [-0.2, -0.15) is 0 Å². The van der Waals surface area contributed by atoms with Crippen LogP contribution in [0.2, 0.25) is 10.0 Å². The molecule has 4 heterocycles. The Morgan fingerprint density at radius 2 is 0.964 bits per heavy atom. The highest BCUT2D eigenvalue weighted by Crippen LogP contribution is 2.53. The topological polar surface area (TPSA) is 91.2 Å². The molecule has 2 unspecified atom stereocenters. The molecule has 0 radical (unpaired) electrons. The molecule has 2 saturated heterocycles. The summed E-state index contributed by atoms with van der Waals surface area (Å²) in [5.41, 5.74) is 9.29. The molecule has 0 bridgehead atoms. The van der Waals surface area contributed by atoms with Crippen molar-refractivity contribution in [3.8, 4) is 11.5 Å². The summed E-state index contributed by atoms with van der Waals surface area (Å²) in [5.74, 6) is 1.58. The Morgan fingerprint density at radius 3 is 1.30 bits per heavy atom. The number of fused-ring (bicyclic) bond motifs is 4. The minimum Gasteiger partial charge on any atom is -0.496 e. The van der Waals surface area contributed by atoms with Crippen LogP contribution in [-0.4, -0.2) is 84.5 Å². The van der Waals surface area contributed by atoms with Gasteiger partial charge in [-0.3, -0.25) is 9.97 Å². The van der Waals surface area contributed by atoms with Crippen LogP contribution in [-0.2, 0) is 36.9 Å². The second-order valence-corrected chi connectivity index (χ2v) is 17.6. The van der Waals surface area contributed by atoms with Gasteiger partial charge in [0.05, 0.1) is 25.6 Å². The summed E-state index contributed by atoms with van der Waals surface area (Å²) in [7, 11) is 7.62. The van der Waals surface area contributed by atoms with Crippen molar-refractivity contribution in [1.82, 2.24) is 19.8 Å². The highest BCUT2D eigenvalue weighted by molar-refractivity contribution is 6.32. The molecular formula is C46H58Cl2N4O4. The number of benzene rings is 2. The largest absolute Gasteiger partial charge is 0.496 e. The van der Waals surface area contributed by atoms with Crippen molar-refractivity contribution < 1.29 is 19.7 Å². The van der Waals surface area contributed by atoms with Crippen LogP contribution in [0.25, 0.3) is 0 Å². The lowest BCUT2D eigenvalue weighted by Gasteiger charge is -2.42. The second kappa shape index (κ2) is 16.2. The van der Waals surface area contributed by atoms with E-state index in [1.807, 2.05) is 38.4 Å². The number of methoxy groups -OCH3 is 2. The minimum atomic E-state index is -1.20. The average molecular weight is 802 g/mol. The number of piperidine rings is 2. The van der Waals surface area contributed by atoms with Gasteiger partial charge in [-0.15, -0.1) is 0 Å². The Morgan fingerprint density at radius 1 is 0.607 bits per heavy atom. The van der Waals surface area contributed by atoms with Crippen molar-refractivity contribution in [2.45, 2.75) is 90.3 Å². The molecule has 0 saturated carbocycles. The fourth-order valence-corrected chi connectivity index (χ4v) is 10.5. The van der Waals surface area contributed by atoms with Gasteiger partial charge in [0.15, 0.2) is 0 Å². The third-order valence-corrected chi connectivity index (χ3v) is 14.1. The molecule has 10 heteroatoms. The number of aliphatic hydroxyl groups is 2. The van der Waals surface area contributed by atoms with E-state index < -0.39 is 11.2 Å². The molecule has 2 aliphatic carbocycles. The van der Waals surface area contributed by atoms with Crippen LogP contribution >= 0.6 is 23.2 Å². The molecule has 0 spiro atoms. The van der Waals surface area contributed by atoms with E-state index in [0.717, 1.165) is 155 Å². The summed E-state index contributed by atoms with van der Waals surface area (Å²) < 4.78 is 11.6. The number of aryl methyl sites for hydroxylation is 6. The van der Waals surface area contributed by atoms with Gasteiger partial charge in [0, 0.05) is 45.4 Å². The molecule has 4 aromatic rings. The Hall–Kier alpha value is -3.24. The standard InChI is InChI=1S/2C23H29ClN2O2/c2*1-14-11-16-5-6-18-20(19(28-4)12-15(2)21(18)24)23(27,22(16)25-13-14)17-7-9-26(3)10-8-17/h2*11-13,17,27H,5-10H2,1-4H3. The predicted molar refractivity (Wildman–Crippen MR) is 225 cm³/mol. The minimum absolute atomic E-state index is 0.0715. The monoisotopic (exact) mass is 800 g/mol. The first kappa shape index (κ1) is 40.9. The summed E-state index contributed by atoms with van der Waals surface area (Å²) in [6.45, 7) is 12.0. The van der Waals surface area contributed by atoms with Crippen molar-refractivity contribution in [2.24, 2.45) is 11.8 Å². The van der Waals surface area contributed by atoms with E-state index >= 15 is 0 Å². The van der Waals surface area contributed by atoms with Gasteiger partial charge in [-0.25, -0.2) is 0 Å². The second-order valence-electron chi connectivity index (χ2n) is 16.9. The molecule has 2 fully saturated rings. The van der Waals surface area contributed by atoms with Crippen molar-refractivity contribution >= 4 is 23.2 Å². The number of ether oxygens (including phenoxy) is 2. The lowest BCUT2D eigenvalue weighted by molar-refractivity contribution is -0.0166. The van der Waals surface area contributed by atoms with E-state index in [4.69, 9.17) is 42.6 Å². The molecule has 2 N–H and O–H groups in total. The molecule has 4 aliphatic rings. The summed E-state index contributed by atoms with van der Waals surface area (Å²) in [6, 6.07) is 8.25. The first-order valence-electron chi connectivity index (χ1n) is 20.2. The first-order valence-corrected chi connectivity index (χ1v) is 20.9. The molecule has 2 aromatic carbocycles. The highest BCUT2D eigenvalue weighted by Gasteiger charge is 2.50. The summed E-state index contributed by atoms with van der Waals surface area (Å²) in [5, 5.41) is 26.4. The molecule has 56 heavy (non-hydrogen) atoms. The van der Waals surface area contributed by atoms with Crippen molar-refractivity contribution in [1.29, 1.82) is 0 Å². The smallest absolute Gasteiger partial charge is 0.138 e. The number of hydrogen-bond donors (Lipinski definition) is 2. The molecule has 2 atom stereocenters. The fraction of sp³-hybridized carbons (Fsp3) is 0.522. The molecular weight excluding hydrogens is 743 g/mol. The lowest BCUT2D eigenvalue weighted by atomic mass is 9.72. The van der Waals surface area contributed by atoms with Crippen LogP contribution in [0.4, 0.5) is 0 Å². The van der Waals surface area contributed by atoms with E-state index in [-0.39, 0.29) is 11.8 Å². The van der Waals surface area contributed by atoms with Crippen molar-refractivity contribution in [3.63, 3.8) is 0 Å². The maximum Gasteiger partial charge on any atom is 0.138 e. The van der Waals surface area contributed by atoms with Gasteiger partial charge in [0.2, 0.25) is 0 Å². The zero-order chi connectivity index (χ0) is 40.1. The van der Waals surface area contributed by atoms with Crippen LogP contribution in [0.5, 0.6) is 11.5 Å². The van der Waals surface area contributed by atoms with Crippen LogP contribution < -0.4 is 9.47 Å². The van der Waals surface area contributed by atoms with Gasteiger partial charge in [-0.1, -0.05) is 35.3 Å². The SMILES string of the molecule is COc1cc(C)c(Cl)c2c1C(O)(C1CCN(C)CC1)c1ncc(C)cc1CC2.COc1cc(C)c(Cl)c2c1C(O)(C1CCN(C)CC1)c1ncc(C)cc1CC2. The third-order valence-electron chi connectivity index (χ3n) is 13.1. The normalized spacial score (nSPS) is 23.1. The lowest BCUT2D eigenvalue weighted by Crippen LogP contribution is -2.44. The van der Waals surface area contributed by atoms with Gasteiger partial charge < -0.3 is 29.5 Å². The Kier molecular flexibility index (Phi) is 11.8. The fourth-order valence-electron chi connectivity index (χ4n) is 10.0. The molecule has 8 rings (SSSR count). The van der Waals surface area contributed by atoms with E-state index in [9.17, 15) is 10.2 Å². The number of pyridine rings is 2. The van der Waals surface area contributed by atoms with E-state index in [0.29, 0.717) is 11.5 Å². The summed E-state index contributed by atoms with van der Waals surface area (Å²) >= 11 is 13.6.